The summed E-state index contributed by atoms with van der Waals surface area (Å²) in [5, 5.41) is 0. The van der Waals surface area contributed by atoms with Crippen molar-refractivity contribution in [2.24, 2.45) is 5.92 Å². The highest BCUT2D eigenvalue weighted by Gasteiger charge is 2.26. The van der Waals surface area contributed by atoms with Crippen LogP contribution in [0.1, 0.15) is 20.3 Å². The maximum absolute atomic E-state index is 11.1. The van der Waals surface area contributed by atoms with E-state index in [9.17, 15) is 9.59 Å². The molecule has 1 atom stereocenters. The van der Waals surface area contributed by atoms with Gasteiger partial charge in [0.2, 0.25) is 0 Å². The van der Waals surface area contributed by atoms with Crippen LogP contribution in [0, 0.1) is 5.92 Å². The molecule has 0 aliphatic rings. The SMILES string of the molecule is CCOC(=O)C(CC)C(=O)OC. The fourth-order valence-corrected chi connectivity index (χ4v) is 0.815. The molecule has 0 N–H and O–H groups in total. The van der Waals surface area contributed by atoms with Gasteiger partial charge in [0.15, 0.2) is 5.92 Å². The minimum absolute atomic E-state index is 0.284. The van der Waals surface area contributed by atoms with Crippen molar-refractivity contribution in [3.63, 3.8) is 0 Å². The minimum atomic E-state index is -0.769. The normalized spacial score (nSPS) is 11.9. The Morgan fingerprint density at radius 2 is 1.83 bits per heavy atom. The lowest BCUT2D eigenvalue weighted by molar-refractivity contribution is -0.160. The minimum Gasteiger partial charge on any atom is -0.468 e. The molecule has 0 rings (SSSR count). The zero-order valence-electron chi connectivity index (χ0n) is 7.62. The summed E-state index contributed by atoms with van der Waals surface area (Å²) >= 11 is 0. The third-order valence-corrected chi connectivity index (χ3v) is 1.47. The van der Waals surface area contributed by atoms with Gasteiger partial charge < -0.3 is 9.47 Å². The first-order valence-corrected chi connectivity index (χ1v) is 3.91. The topological polar surface area (TPSA) is 52.6 Å². The molecule has 0 saturated carbocycles. The third-order valence-electron chi connectivity index (χ3n) is 1.47. The summed E-state index contributed by atoms with van der Waals surface area (Å²) in [7, 11) is 1.25. The summed E-state index contributed by atoms with van der Waals surface area (Å²) in [4.78, 5) is 22.0. The van der Waals surface area contributed by atoms with E-state index in [1.54, 1.807) is 13.8 Å². The van der Waals surface area contributed by atoms with Crippen molar-refractivity contribution >= 4 is 11.9 Å². The van der Waals surface area contributed by atoms with Gasteiger partial charge in [-0.15, -0.1) is 0 Å². The predicted molar refractivity (Wildman–Crippen MR) is 42.4 cm³/mol. The molecule has 0 radical (unpaired) electrons. The molecule has 0 aliphatic heterocycles. The van der Waals surface area contributed by atoms with Gasteiger partial charge in [-0.25, -0.2) is 0 Å². The van der Waals surface area contributed by atoms with Crippen molar-refractivity contribution < 1.29 is 19.1 Å². The molecule has 0 aromatic rings. The molecular weight excluding hydrogens is 160 g/mol. The molecule has 0 aromatic heterocycles. The first-order valence-electron chi connectivity index (χ1n) is 3.91. The first kappa shape index (κ1) is 10.9. The van der Waals surface area contributed by atoms with Crippen molar-refractivity contribution in [3.05, 3.63) is 0 Å². The lowest BCUT2D eigenvalue weighted by Gasteiger charge is -2.10. The van der Waals surface area contributed by atoms with Gasteiger partial charge in [-0.2, -0.15) is 0 Å². The Labute approximate surface area is 71.8 Å². The largest absolute Gasteiger partial charge is 0.468 e. The molecule has 0 heterocycles. The van der Waals surface area contributed by atoms with Gasteiger partial charge in [0.05, 0.1) is 13.7 Å². The molecule has 70 valence electrons. The highest BCUT2D eigenvalue weighted by Crippen LogP contribution is 2.06. The van der Waals surface area contributed by atoms with Gasteiger partial charge >= 0.3 is 11.9 Å². The second-order valence-electron chi connectivity index (χ2n) is 2.24. The zero-order valence-corrected chi connectivity index (χ0v) is 7.62. The van der Waals surface area contributed by atoms with Crippen LogP contribution in [0.25, 0.3) is 0 Å². The fraction of sp³-hybridized carbons (Fsp3) is 0.750. The van der Waals surface area contributed by atoms with E-state index >= 15 is 0 Å². The molecule has 1 unspecified atom stereocenters. The van der Waals surface area contributed by atoms with Gasteiger partial charge in [-0.3, -0.25) is 9.59 Å². The van der Waals surface area contributed by atoms with Gasteiger partial charge in [-0.1, -0.05) is 6.92 Å². The molecule has 4 heteroatoms. The summed E-state index contributed by atoms with van der Waals surface area (Å²) in [6, 6.07) is 0. The summed E-state index contributed by atoms with van der Waals surface area (Å²) in [6.45, 7) is 3.72. The molecule has 12 heavy (non-hydrogen) atoms. The molecule has 0 spiro atoms. The van der Waals surface area contributed by atoms with Crippen LogP contribution in [0.5, 0.6) is 0 Å². The Morgan fingerprint density at radius 1 is 1.25 bits per heavy atom. The van der Waals surface area contributed by atoms with Crippen molar-refractivity contribution in [3.8, 4) is 0 Å². The van der Waals surface area contributed by atoms with Crippen LogP contribution in [-0.4, -0.2) is 25.7 Å². The standard InChI is InChI=1S/C8H14O4/c1-4-6(7(9)11-3)8(10)12-5-2/h6H,4-5H2,1-3H3. The van der Waals surface area contributed by atoms with E-state index in [4.69, 9.17) is 0 Å². The smallest absolute Gasteiger partial charge is 0.320 e. The predicted octanol–water partition coefficient (Wildman–Crippen LogP) is 0.749. The lowest BCUT2D eigenvalue weighted by atomic mass is 10.1. The number of hydrogen-bond acceptors (Lipinski definition) is 4. The molecular formula is C8H14O4. The fourth-order valence-electron chi connectivity index (χ4n) is 0.815. The van der Waals surface area contributed by atoms with Gasteiger partial charge in [-0.05, 0) is 13.3 Å². The van der Waals surface area contributed by atoms with Crippen LogP contribution in [0.2, 0.25) is 0 Å². The maximum Gasteiger partial charge on any atom is 0.320 e. The Kier molecular flexibility index (Phi) is 5.08. The number of esters is 2. The average molecular weight is 174 g/mol. The average Bonchev–Trinajstić information content (AvgIpc) is 2.06. The zero-order chi connectivity index (χ0) is 9.56. The van der Waals surface area contributed by atoms with E-state index in [0.29, 0.717) is 6.42 Å². The lowest BCUT2D eigenvalue weighted by Crippen LogP contribution is -2.26. The van der Waals surface area contributed by atoms with Crippen molar-refractivity contribution in [1.82, 2.24) is 0 Å². The van der Waals surface area contributed by atoms with E-state index in [1.807, 2.05) is 0 Å². The Morgan fingerprint density at radius 3 is 2.17 bits per heavy atom. The molecule has 0 saturated heterocycles. The van der Waals surface area contributed by atoms with Gasteiger partial charge in [0, 0.05) is 0 Å². The number of methoxy groups -OCH3 is 1. The van der Waals surface area contributed by atoms with Gasteiger partial charge in [0.25, 0.3) is 0 Å². The monoisotopic (exact) mass is 174 g/mol. The maximum atomic E-state index is 11.1. The summed E-state index contributed by atoms with van der Waals surface area (Å²) in [6.07, 6.45) is 0.408. The second kappa shape index (κ2) is 5.57. The van der Waals surface area contributed by atoms with E-state index in [1.165, 1.54) is 7.11 Å². The highest BCUT2D eigenvalue weighted by atomic mass is 16.5. The van der Waals surface area contributed by atoms with Crippen LogP contribution < -0.4 is 0 Å². The first-order chi connectivity index (χ1) is 5.67. The van der Waals surface area contributed by atoms with E-state index in [0.717, 1.165) is 0 Å². The van der Waals surface area contributed by atoms with E-state index < -0.39 is 17.9 Å². The molecule has 0 aromatic carbocycles. The number of hydrogen-bond donors (Lipinski definition) is 0. The molecule has 0 fully saturated rings. The summed E-state index contributed by atoms with van der Waals surface area (Å²) < 4.78 is 9.11. The highest BCUT2D eigenvalue weighted by molar-refractivity contribution is 5.94. The number of rotatable bonds is 4. The van der Waals surface area contributed by atoms with Crippen LogP contribution in [0.4, 0.5) is 0 Å². The Hall–Kier alpha value is -1.06. The quantitative estimate of drug-likeness (QED) is 0.466. The van der Waals surface area contributed by atoms with Crippen molar-refractivity contribution in [2.45, 2.75) is 20.3 Å². The molecule has 0 aliphatic carbocycles. The van der Waals surface area contributed by atoms with Crippen LogP contribution in [-0.2, 0) is 19.1 Å². The number of carbonyl (C=O) groups excluding carboxylic acids is 2. The number of ether oxygens (including phenoxy) is 2. The third kappa shape index (κ3) is 2.90. The van der Waals surface area contributed by atoms with E-state index in [2.05, 4.69) is 9.47 Å². The van der Waals surface area contributed by atoms with Crippen LogP contribution >= 0.6 is 0 Å². The molecule has 0 amide bonds. The van der Waals surface area contributed by atoms with Crippen LogP contribution in [0.3, 0.4) is 0 Å². The van der Waals surface area contributed by atoms with Crippen LogP contribution in [0.15, 0.2) is 0 Å². The van der Waals surface area contributed by atoms with Crippen molar-refractivity contribution in [1.29, 1.82) is 0 Å². The van der Waals surface area contributed by atoms with Gasteiger partial charge in [0.1, 0.15) is 0 Å². The van der Waals surface area contributed by atoms with E-state index in [-0.39, 0.29) is 6.61 Å². The summed E-state index contributed by atoms with van der Waals surface area (Å²) in [5.41, 5.74) is 0. The molecule has 0 bridgehead atoms. The summed E-state index contributed by atoms with van der Waals surface area (Å²) in [5.74, 6) is -1.81. The second-order valence-corrected chi connectivity index (χ2v) is 2.24. The molecule has 4 nitrogen and oxygen atoms in total. The Balaban J connectivity index is 4.14. The van der Waals surface area contributed by atoms with Crippen molar-refractivity contribution in [2.75, 3.05) is 13.7 Å². The Bertz CT molecular complexity index is 164. The number of carbonyl (C=O) groups is 2.